The van der Waals surface area contributed by atoms with E-state index in [1.165, 1.54) is 42.4 Å². The molecular formula is C44H36N4. The Morgan fingerprint density at radius 1 is 0.521 bits per heavy atom. The van der Waals surface area contributed by atoms with Crippen LogP contribution >= 0.6 is 0 Å². The van der Waals surface area contributed by atoms with Gasteiger partial charge < -0.3 is 0 Å². The van der Waals surface area contributed by atoms with Gasteiger partial charge in [0.05, 0.1) is 11.6 Å². The number of rotatable bonds is 6. The molecule has 3 saturated carbocycles. The first kappa shape index (κ1) is 28.8. The van der Waals surface area contributed by atoms with Crippen LogP contribution in [-0.2, 0) is 5.41 Å². The SMILES string of the molecule is CC1(c2ccc(-c3cccc(-c4nc(-c5ccc(C#N)cc5)nc(-c5ccc(-c6ccccc6)cc5)n4)c3)cc2)C[C@H]2CC3C[C@@H](C1)C32. The van der Waals surface area contributed by atoms with Crippen LogP contribution in [0.1, 0.15) is 43.7 Å². The fraction of sp³-hybridized carbons (Fsp3) is 0.227. The van der Waals surface area contributed by atoms with Crippen LogP contribution in [0.5, 0.6) is 0 Å². The van der Waals surface area contributed by atoms with Gasteiger partial charge in [0.15, 0.2) is 17.5 Å². The second kappa shape index (κ2) is 11.4. The second-order valence-corrected chi connectivity index (χ2v) is 14.4. The van der Waals surface area contributed by atoms with Crippen molar-refractivity contribution in [3.63, 3.8) is 0 Å². The van der Waals surface area contributed by atoms with Crippen LogP contribution in [0.2, 0.25) is 0 Å². The van der Waals surface area contributed by atoms with Crippen molar-refractivity contribution in [2.24, 2.45) is 23.7 Å². The molecule has 1 aromatic heterocycles. The maximum absolute atomic E-state index is 9.35. The molecule has 1 heterocycles. The molecule has 3 aliphatic carbocycles. The van der Waals surface area contributed by atoms with Gasteiger partial charge in [-0.05, 0) is 113 Å². The lowest BCUT2D eigenvalue weighted by Crippen LogP contribution is -2.58. The lowest BCUT2D eigenvalue weighted by molar-refractivity contribution is -0.141. The summed E-state index contributed by atoms with van der Waals surface area (Å²) in [6, 6.07) is 46.2. The van der Waals surface area contributed by atoms with E-state index in [0.29, 0.717) is 28.5 Å². The zero-order chi connectivity index (χ0) is 32.2. The highest BCUT2D eigenvalue weighted by atomic mass is 15.0. The summed E-state index contributed by atoms with van der Waals surface area (Å²) in [5, 5.41) is 9.35. The van der Waals surface area contributed by atoms with Crippen molar-refractivity contribution in [2.75, 3.05) is 0 Å². The van der Waals surface area contributed by atoms with Crippen molar-refractivity contribution in [3.05, 3.63) is 139 Å². The Kier molecular flexibility index (Phi) is 6.83. The van der Waals surface area contributed by atoms with Crippen molar-refractivity contribution in [2.45, 2.75) is 38.0 Å². The van der Waals surface area contributed by atoms with Crippen LogP contribution in [0.25, 0.3) is 56.4 Å². The predicted octanol–water partition coefficient (Wildman–Crippen LogP) is 10.4. The molecule has 48 heavy (non-hydrogen) atoms. The average Bonchev–Trinajstić information content (AvgIpc) is 3.13. The topological polar surface area (TPSA) is 62.5 Å². The Bertz CT molecular complexity index is 2150. The van der Waals surface area contributed by atoms with Crippen molar-refractivity contribution in [3.8, 4) is 62.5 Å². The first-order chi connectivity index (χ1) is 23.5. The van der Waals surface area contributed by atoms with Gasteiger partial charge in [-0.2, -0.15) is 5.26 Å². The van der Waals surface area contributed by atoms with E-state index in [2.05, 4.69) is 110 Å². The molecule has 0 N–H and O–H groups in total. The van der Waals surface area contributed by atoms with Gasteiger partial charge in [0.25, 0.3) is 0 Å². The largest absolute Gasteiger partial charge is 0.208 e. The highest BCUT2D eigenvalue weighted by molar-refractivity contribution is 5.74. The van der Waals surface area contributed by atoms with Crippen LogP contribution in [-0.4, -0.2) is 15.0 Å². The summed E-state index contributed by atoms with van der Waals surface area (Å²) >= 11 is 0. The van der Waals surface area contributed by atoms with E-state index < -0.39 is 0 Å². The first-order valence-electron chi connectivity index (χ1n) is 17.2. The zero-order valence-electron chi connectivity index (χ0n) is 27.1. The molecule has 0 amide bonds. The van der Waals surface area contributed by atoms with E-state index in [1.807, 2.05) is 18.2 Å². The number of benzene rings is 5. The Labute approximate surface area is 282 Å². The minimum Gasteiger partial charge on any atom is -0.208 e. The molecular weight excluding hydrogens is 585 g/mol. The molecule has 5 aromatic carbocycles. The number of nitrogens with zero attached hydrogens (tertiary/aromatic N) is 4. The molecule has 3 aliphatic rings. The molecule has 0 radical (unpaired) electrons. The minimum atomic E-state index is 0.292. The number of hydrogen-bond donors (Lipinski definition) is 0. The van der Waals surface area contributed by atoms with Gasteiger partial charge in [-0.1, -0.05) is 104 Å². The number of nitriles is 1. The van der Waals surface area contributed by atoms with E-state index in [4.69, 9.17) is 15.0 Å². The summed E-state index contributed by atoms with van der Waals surface area (Å²) in [7, 11) is 0. The molecule has 3 fully saturated rings. The molecule has 4 heteroatoms. The summed E-state index contributed by atoms with van der Waals surface area (Å²) in [5.74, 6) is 5.81. The van der Waals surface area contributed by atoms with Gasteiger partial charge in [-0.25, -0.2) is 15.0 Å². The maximum Gasteiger partial charge on any atom is 0.164 e. The summed E-state index contributed by atoms with van der Waals surface area (Å²) in [5.41, 5.74) is 9.72. The van der Waals surface area contributed by atoms with Crippen LogP contribution < -0.4 is 0 Å². The third-order valence-electron chi connectivity index (χ3n) is 11.5. The van der Waals surface area contributed by atoms with Gasteiger partial charge in [0.1, 0.15) is 0 Å². The lowest BCUT2D eigenvalue weighted by atomic mass is 9.39. The molecule has 0 spiro atoms. The van der Waals surface area contributed by atoms with Crippen molar-refractivity contribution < 1.29 is 0 Å². The normalized spacial score (nSPS) is 23.7. The summed E-state index contributed by atoms with van der Waals surface area (Å²) in [6.07, 6.45) is 5.62. The van der Waals surface area contributed by atoms with Gasteiger partial charge in [-0.3, -0.25) is 0 Å². The molecule has 0 aliphatic heterocycles. The summed E-state index contributed by atoms with van der Waals surface area (Å²) in [4.78, 5) is 14.9. The number of aromatic nitrogens is 3. The van der Waals surface area contributed by atoms with E-state index in [-0.39, 0.29) is 0 Å². The minimum absolute atomic E-state index is 0.292. The van der Waals surface area contributed by atoms with Gasteiger partial charge in [-0.15, -0.1) is 0 Å². The van der Waals surface area contributed by atoms with Crippen LogP contribution in [0, 0.1) is 35.0 Å². The highest BCUT2D eigenvalue weighted by Crippen LogP contribution is 2.67. The highest BCUT2D eigenvalue weighted by Gasteiger charge is 2.59. The van der Waals surface area contributed by atoms with Gasteiger partial charge in [0.2, 0.25) is 0 Å². The molecule has 5 atom stereocenters. The Hall–Kier alpha value is -5.40. The predicted molar refractivity (Wildman–Crippen MR) is 192 cm³/mol. The van der Waals surface area contributed by atoms with E-state index in [1.54, 1.807) is 12.1 Å². The van der Waals surface area contributed by atoms with Crippen molar-refractivity contribution >= 4 is 0 Å². The first-order valence-corrected chi connectivity index (χ1v) is 17.2. The molecule has 232 valence electrons. The van der Waals surface area contributed by atoms with E-state index in [0.717, 1.165) is 51.5 Å². The van der Waals surface area contributed by atoms with Crippen LogP contribution in [0.4, 0.5) is 0 Å². The summed E-state index contributed by atoms with van der Waals surface area (Å²) in [6.45, 7) is 2.50. The number of hydrogen-bond acceptors (Lipinski definition) is 4. The molecule has 0 bridgehead atoms. The zero-order valence-corrected chi connectivity index (χ0v) is 27.1. The van der Waals surface area contributed by atoms with Crippen LogP contribution in [0.3, 0.4) is 0 Å². The standard InChI is InChI=1S/C44H36N4/c1-44(25-37-23-36-24-38(26-44)40(36)37)39-20-18-31(19-21-39)34-8-5-9-35(22-34)43-47-41(32-12-10-28(27-45)11-13-32)46-42(48-43)33-16-14-30(15-17-33)29-6-3-2-4-7-29/h2-22,36-38,40H,23-26H2,1H3/t36?,37-,38+,40?,44?. The van der Waals surface area contributed by atoms with Crippen molar-refractivity contribution in [1.82, 2.24) is 15.0 Å². The lowest BCUT2D eigenvalue weighted by Gasteiger charge is -2.65. The van der Waals surface area contributed by atoms with Crippen LogP contribution in [0.15, 0.2) is 127 Å². The quantitative estimate of drug-likeness (QED) is 0.186. The molecule has 0 saturated heterocycles. The molecule has 4 nitrogen and oxygen atoms in total. The average molecular weight is 621 g/mol. The third kappa shape index (κ3) is 5.02. The second-order valence-electron chi connectivity index (χ2n) is 14.4. The Balaban J connectivity index is 1.05. The summed E-state index contributed by atoms with van der Waals surface area (Å²) < 4.78 is 0. The Morgan fingerprint density at radius 3 is 1.60 bits per heavy atom. The maximum atomic E-state index is 9.35. The van der Waals surface area contributed by atoms with E-state index in [9.17, 15) is 5.26 Å². The third-order valence-corrected chi connectivity index (χ3v) is 11.5. The molecule has 9 rings (SSSR count). The fourth-order valence-electron chi connectivity index (χ4n) is 8.98. The fourth-order valence-corrected chi connectivity index (χ4v) is 8.98. The Morgan fingerprint density at radius 2 is 1.00 bits per heavy atom. The monoisotopic (exact) mass is 620 g/mol. The van der Waals surface area contributed by atoms with E-state index >= 15 is 0 Å². The molecule has 3 unspecified atom stereocenters. The smallest absolute Gasteiger partial charge is 0.164 e. The van der Waals surface area contributed by atoms with Gasteiger partial charge >= 0.3 is 0 Å². The van der Waals surface area contributed by atoms with Gasteiger partial charge in [0, 0.05) is 16.7 Å². The molecule has 6 aromatic rings. The van der Waals surface area contributed by atoms with Crippen molar-refractivity contribution in [1.29, 1.82) is 5.26 Å².